The molecule has 9 nitrogen and oxygen atoms in total. The molecule has 0 atom stereocenters. The highest BCUT2D eigenvalue weighted by Gasteiger charge is 2.36. The minimum absolute atomic E-state index is 0.00376. The fourth-order valence-corrected chi connectivity index (χ4v) is 5.08. The van der Waals surface area contributed by atoms with E-state index in [9.17, 15) is 4.79 Å². The van der Waals surface area contributed by atoms with Gasteiger partial charge in [-0.1, -0.05) is 26.0 Å². The molecule has 2 aromatic carbocycles. The molecule has 1 N–H and O–H groups in total. The molecule has 1 amide bonds. The van der Waals surface area contributed by atoms with Gasteiger partial charge in [-0.3, -0.25) is 10.2 Å². The topological polar surface area (TPSA) is 106 Å². The molecule has 2 aromatic rings. The van der Waals surface area contributed by atoms with Crippen LogP contribution in [-0.4, -0.2) is 54.4 Å². The van der Waals surface area contributed by atoms with Gasteiger partial charge in [-0.2, -0.15) is 15.1 Å². The number of nitrogens with one attached hydrogen (secondary N) is 1. The van der Waals surface area contributed by atoms with Crippen LogP contribution in [0.25, 0.3) is 6.08 Å². The Morgan fingerprint density at radius 2 is 1.78 bits per heavy atom. The lowest BCUT2D eigenvalue weighted by molar-refractivity contribution is -0.114. The van der Waals surface area contributed by atoms with Gasteiger partial charge in [-0.05, 0) is 70.3 Å². The van der Waals surface area contributed by atoms with Crippen molar-refractivity contribution in [3.8, 4) is 23.0 Å². The van der Waals surface area contributed by atoms with E-state index >= 15 is 0 Å². The van der Waals surface area contributed by atoms with E-state index in [-0.39, 0.29) is 23.9 Å². The van der Waals surface area contributed by atoms with Crippen molar-refractivity contribution in [1.29, 1.82) is 5.41 Å². The van der Waals surface area contributed by atoms with Gasteiger partial charge in [-0.15, -0.1) is 0 Å². The number of nitrogens with zero attached hydrogens (tertiary/aromatic N) is 3. The molecule has 4 rings (SSSR count). The predicted octanol–water partition coefficient (Wildman–Crippen LogP) is 5.04. The number of carbonyl (C=O) groups excluding carboxylic acids is 1. The molecule has 11 heteroatoms. The maximum absolute atomic E-state index is 12.7. The van der Waals surface area contributed by atoms with Crippen molar-refractivity contribution in [1.82, 2.24) is 5.01 Å². The van der Waals surface area contributed by atoms with Crippen molar-refractivity contribution in [2.45, 2.75) is 13.8 Å². The number of methoxy groups -OCH3 is 2. The van der Waals surface area contributed by atoms with Crippen LogP contribution in [0.1, 0.15) is 19.4 Å². The van der Waals surface area contributed by atoms with Crippen LogP contribution in [0.3, 0.4) is 0 Å². The van der Waals surface area contributed by atoms with E-state index in [0.29, 0.717) is 40.3 Å². The molecule has 0 aliphatic carbocycles. The fourth-order valence-electron chi connectivity index (χ4n) is 3.40. The molecular weight excluding hydrogens is 595 g/mol. The summed E-state index contributed by atoms with van der Waals surface area (Å²) in [6.45, 7) is 4.61. The van der Waals surface area contributed by atoms with Crippen molar-refractivity contribution in [2.24, 2.45) is 16.0 Å². The largest absolute Gasteiger partial charge is 0.493 e. The van der Waals surface area contributed by atoms with Gasteiger partial charge in [-0.25, -0.2) is 0 Å². The Morgan fingerprint density at radius 1 is 1.08 bits per heavy atom. The van der Waals surface area contributed by atoms with Crippen LogP contribution >= 0.6 is 34.4 Å². The summed E-state index contributed by atoms with van der Waals surface area (Å²) in [6, 6.07) is 11.0. The first-order valence-corrected chi connectivity index (χ1v) is 13.0. The van der Waals surface area contributed by atoms with E-state index in [0.717, 1.165) is 8.61 Å². The zero-order valence-electron chi connectivity index (χ0n) is 20.2. The average molecular weight is 620 g/mol. The number of amidine groups is 2. The molecule has 0 bridgehead atoms. The maximum atomic E-state index is 12.7. The molecule has 0 aromatic heterocycles. The Morgan fingerprint density at radius 3 is 2.47 bits per heavy atom. The van der Waals surface area contributed by atoms with Gasteiger partial charge < -0.3 is 18.9 Å². The standard InChI is InChI=1S/C25H25IN4O5S/c1-14(2)24-29-30-22(27)16(23(31)28-25(30)36-24)11-15-12-17(26)21(20(13-15)33-4)35-10-9-34-19-8-6-5-7-18(19)32-3/h5-8,11-14,27H,9-10H2,1-4H3. The summed E-state index contributed by atoms with van der Waals surface area (Å²) in [6.07, 6.45) is 1.62. The lowest BCUT2D eigenvalue weighted by Gasteiger charge is -2.20. The number of amides is 1. The second-order valence-electron chi connectivity index (χ2n) is 7.99. The smallest absolute Gasteiger partial charge is 0.283 e. The molecule has 0 spiro atoms. The van der Waals surface area contributed by atoms with Crippen molar-refractivity contribution >= 4 is 62.4 Å². The van der Waals surface area contributed by atoms with Gasteiger partial charge in [0.05, 0.1) is 23.4 Å². The zero-order chi connectivity index (χ0) is 25.8. The van der Waals surface area contributed by atoms with Crippen molar-refractivity contribution in [3.63, 3.8) is 0 Å². The summed E-state index contributed by atoms with van der Waals surface area (Å²) in [5.41, 5.74) is 0.838. The molecule has 0 saturated heterocycles. The number of halogens is 1. The van der Waals surface area contributed by atoms with Crippen molar-refractivity contribution in [2.75, 3.05) is 27.4 Å². The maximum Gasteiger partial charge on any atom is 0.283 e. The number of hydrogen-bond acceptors (Lipinski definition) is 8. The van der Waals surface area contributed by atoms with Crippen molar-refractivity contribution < 1.29 is 23.7 Å². The molecule has 36 heavy (non-hydrogen) atoms. The number of hydrazone groups is 1. The second-order valence-corrected chi connectivity index (χ2v) is 10.1. The van der Waals surface area contributed by atoms with Crippen LogP contribution in [-0.2, 0) is 4.79 Å². The molecule has 0 fully saturated rings. The van der Waals surface area contributed by atoms with Crippen LogP contribution < -0.4 is 18.9 Å². The molecule has 0 unspecified atom stereocenters. The van der Waals surface area contributed by atoms with E-state index in [1.54, 1.807) is 26.4 Å². The van der Waals surface area contributed by atoms with Gasteiger partial charge >= 0.3 is 0 Å². The molecular formula is C25H25IN4O5S. The number of aliphatic imine (C=N–C) groups is 1. The number of thioether (sulfide) groups is 1. The highest BCUT2D eigenvalue weighted by atomic mass is 127. The summed E-state index contributed by atoms with van der Waals surface area (Å²) in [5.74, 6) is 2.06. The number of hydrogen-bond donors (Lipinski definition) is 1. The molecule has 0 radical (unpaired) electrons. The first kappa shape index (κ1) is 26.0. The highest BCUT2D eigenvalue weighted by molar-refractivity contribution is 14.1. The third-order valence-corrected chi connectivity index (χ3v) is 7.19. The summed E-state index contributed by atoms with van der Waals surface area (Å²) < 4.78 is 23.4. The minimum Gasteiger partial charge on any atom is -0.493 e. The van der Waals surface area contributed by atoms with E-state index in [2.05, 4.69) is 32.7 Å². The van der Waals surface area contributed by atoms with Crippen molar-refractivity contribution in [3.05, 3.63) is 51.1 Å². The summed E-state index contributed by atoms with van der Waals surface area (Å²) in [7, 11) is 3.14. The third-order valence-electron chi connectivity index (χ3n) is 5.18. The lowest BCUT2D eigenvalue weighted by Crippen LogP contribution is -2.35. The first-order valence-electron chi connectivity index (χ1n) is 11.1. The first-order chi connectivity index (χ1) is 17.3. The Labute approximate surface area is 227 Å². The van der Waals surface area contributed by atoms with Gasteiger partial charge in [0.25, 0.3) is 5.91 Å². The number of para-hydroxylation sites is 2. The van der Waals surface area contributed by atoms with Crippen LogP contribution in [0.15, 0.2) is 52.1 Å². The van der Waals surface area contributed by atoms with Gasteiger partial charge in [0.1, 0.15) is 18.3 Å². The quantitative estimate of drug-likeness (QED) is 0.238. The summed E-state index contributed by atoms with van der Waals surface area (Å²) in [5, 5.41) is 15.6. The van der Waals surface area contributed by atoms with Gasteiger partial charge in [0.2, 0.25) is 5.17 Å². The van der Waals surface area contributed by atoms with Crippen LogP contribution in [0.5, 0.6) is 23.0 Å². The Balaban J connectivity index is 1.49. The van der Waals surface area contributed by atoms with E-state index in [1.807, 2.05) is 44.2 Å². The molecule has 2 aliphatic heterocycles. The van der Waals surface area contributed by atoms with E-state index in [1.165, 1.54) is 16.8 Å². The summed E-state index contributed by atoms with van der Waals surface area (Å²) in [4.78, 5) is 16.8. The van der Waals surface area contributed by atoms with E-state index < -0.39 is 5.91 Å². The molecule has 188 valence electrons. The van der Waals surface area contributed by atoms with Gasteiger partial charge in [0.15, 0.2) is 28.8 Å². The van der Waals surface area contributed by atoms with Gasteiger partial charge in [0, 0.05) is 5.92 Å². The molecule has 0 saturated carbocycles. The minimum atomic E-state index is -0.471. The third kappa shape index (κ3) is 5.51. The van der Waals surface area contributed by atoms with Crippen LogP contribution in [0.4, 0.5) is 0 Å². The average Bonchev–Trinajstić information content (AvgIpc) is 3.30. The second kappa shape index (κ2) is 11.3. The number of benzene rings is 2. The Kier molecular flexibility index (Phi) is 8.19. The molecule has 2 heterocycles. The molecule has 2 aliphatic rings. The normalized spacial score (nSPS) is 16.2. The SMILES string of the molecule is COc1ccccc1OCCOc1c(I)cc(C=C2C(=N)N3N=C(C(C)C)SC3=NC2=O)cc1OC. The lowest BCUT2D eigenvalue weighted by atomic mass is 10.1. The number of rotatable bonds is 9. The Bertz CT molecular complexity index is 1290. The predicted molar refractivity (Wildman–Crippen MR) is 150 cm³/mol. The van der Waals surface area contributed by atoms with Crippen LogP contribution in [0.2, 0.25) is 0 Å². The fraction of sp³-hybridized carbons (Fsp3) is 0.280. The Hall–Kier alpha value is -3.06. The monoisotopic (exact) mass is 620 g/mol. The number of fused-ring (bicyclic) bond motifs is 1. The highest BCUT2D eigenvalue weighted by Crippen LogP contribution is 2.36. The number of ether oxygens (including phenoxy) is 4. The zero-order valence-corrected chi connectivity index (χ0v) is 23.2. The van der Waals surface area contributed by atoms with E-state index in [4.69, 9.17) is 24.4 Å². The van der Waals surface area contributed by atoms with Crippen LogP contribution in [0, 0.1) is 14.9 Å². The number of carbonyl (C=O) groups is 1. The summed E-state index contributed by atoms with van der Waals surface area (Å²) >= 11 is 3.47.